The minimum Gasteiger partial charge on any atom is -0.377 e. The van der Waals surface area contributed by atoms with E-state index >= 15 is 0 Å². The van der Waals surface area contributed by atoms with Gasteiger partial charge in [0.15, 0.2) is 6.10 Å². The third kappa shape index (κ3) is 2.27. The number of nitrogens with zero attached hydrogens (tertiary/aromatic N) is 2. The Kier molecular flexibility index (Phi) is 3.44. The lowest BCUT2D eigenvalue weighted by Gasteiger charge is -2.35. The zero-order valence-electron chi connectivity index (χ0n) is 12.6. The average Bonchev–Trinajstić information content (AvgIpc) is 2.44. The number of alkyl halides is 3. The first kappa shape index (κ1) is 15.0. The fourth-order valence-corrected chi connectivity index (χ4v) is 2.98. The van der Waals surface area contributed by atoms with Crippen LogP contribution in [0.15, 0.2) is 30.3 Å². The van der Waals surface area contributed by atoms with Gasteiger partial charge in [0, 0.05) is 43.2 Å². The molecule has 6 heteroatoms. The molecule has 3 rings (SSSR count). The normalized spacial score (nSPS) is 18.5. The second kappa shape index (κ2) is 5.05. The van der Waals surface area contributed by atoms with Crippen molar-refractivity contribution < 1.29 is 17.9 Å². The Morgan fingerprint density at radius 2 is 1.86 bits per heavy atom. The third-order valence-corrected chi connectivity index (χ3v) is 3.92. The lowest BCUT2D eigenvalue weighted by Crippen LogP contribution is -2.35. The smallest absolute Gasteiger partial charge is 0.377 e. The van der Waals surface area contributed by atoms with Gasteiger partial charge < -0.3 is 14.5 Å². The average molecular weight is 310 g/mol. The van der Waals surface area contributed by atoms with E-state index in [1.54, 1.807) is 18.0 Å². The Morgan fingerprint density at radius 3 is 2.50 bits per heavy atom. The van der Waals surface area contributed by atoms with E-state index in [0.29, 0.717) is 5.69 Å². The fraction of sp³-hybridized carbons (Fsp3) is 0.375. The molecular weight excluding hydrogens is 293 g/mol. The summed E-state index contributed by atoms with van der Waals surface area (Å²) in [5, 5.41) is 1.74. The Balaban J connectivity index is 2.29. The van der Waals surface area contributed by atoms with Crippen LogP contribution in [0.4, 0.5) is 24.5 Å². The standard InChI is InChI=1S/C16H17F3N2O/c1-20(2)13-6-4-5-11-10(13)7-8-12-14(11)21(3)9-22-15(12)16(17,18)19/h4-8,15H,9H2,1-3H3. The maximum atomic E-state index is 13.2. The van der Waals surface area contributed by atoms with E-state index in [1.165, 1.54) is 6.07 Å². The number of anilines is 2. The number of ether oxygens (including phenoxy) is 1. The van der Waals surface area contributed by atoms with Crippen molar-refractivity contribution in [3.8, 4) is 0 Å². The molecule has 0 saturated carbocycles. The summed E-state index contributed by atoms with van der Waals surface area (Å²) in [7, 11) is 5.58. The quantitative estimate of drug-likeness (QED) is 0.793. The molecule has 0 N–H and O–H groups in total. The van der Waals surface area contributed by atoms with Gasteiger partial charge in [-0.15, -0.1) is 0 Å². The van der Waals surface area contributed by atoms with E-state index in [-0.39, 0.29) is 12.3 Å². The topological polar surface area (TPSA) is 15.7 Å². The Labute approximate surface area is 126 Å². The van der Waals surface area contributed by atoms with Crippen LogP contribution in [0.5, 0.6) is 0 Å². The molecule has 118 valence electrons. The van der Waals surface area contributed by atoms with Crippen molar-refractivity contribution in [1.82, 2.24) is 0 Å². The van der Waals surface area contributed by atoms with E-state index in [1.807, 2.05) is 37.2 Å². The van der Waals surface area contributed by atoms with Gasteiger partial charge in [0.05, 0.1) is 5.69 Å². The molecule has 2 aromatic rings. The van der Waals surface area contributed by atoms with Gasteiger partial charge in [-0.25, -0.2) is 0 Å². The molecule has 0 spiro atoms. The highest BCUT2D eigenvalue weighted by molar-refractivity contribution is 6.03. The van der Waals surface area contributed by atoms with Crippen LogP contribution in [0.25, 0.3) is 10.8 Å². The van der Waals surface area contributed by atoms with Gasteiger partial charge in [-0.3, -0.25) is 0 Å². The summed E-state index contributed by atoms with van der Waals surface area (Å²) in [6.07, 6.45) is -6.28. The van der Waals surface area contributed by atoms with Crippen molar-refractivity contribution in [2.24, 2.45) is 0 Å². The van der Waals surface area contributed by atoms with Gasteiger partial charge in [-0.05, 0) is 6.07 Å². The monoisotopic (exact) mass is 310 g/mol. The highest BCUT2D eigenvalue weighted by Gasteiger charge is 2.45. The zero-order valence-corrected chi connectivity index (χ0v) is 12.6. The number of hydrogen-bond donors (Lipinski definition) is 0. The van der Waals surface area contributed by atoms with Crippen LogP contribution in [0.2, 0.25) is 0 Å². The Hall–Kier alpha value is -1.95. The highest BCUT2D eigenvalue weighted by Crippen LogP contribution is 2.46. The molecule has 1 atom stereocenters. The fourth-order valence-electron chi connectivity index (χ4n) is 2.98. The van der Waals surface area contributed by atoms with Crippen LogP contribution in [0.1, 0.15) is 11.7 Å². The van der Waals surface area contributed by atoms with Crippen molar-refractivity contribution in [3.63, 3.8) is 0 Å². The Bertz CT molecular complexity index is 712. The molecule has 2 aromatic carbocycles. The predicted octanol–water partition coefficient (Wildman–Crippen LogP) is 3.93. The maximum absolute atomic E-state index is 13.2. The number of fused-ring (bicyclic) bond motifs is 3. The second-order valence-corrected chi connectivity index (χ2v) is 5.69. The van der Waals surface area contributed by atoms with E-state index in [2.05, 4.69) is 0 Å². The van der Waals surface area contributed by atoms with E-state index in [4.69, 9.17) is 4.74 Å². The number of hydrogen-bond acceptors (Lipinski definition) is 3. The highest BCUT2D eigenvalue weighted by atomic mass is 19.4. The summed E-state index contributed by atoms with van der Waals surface area (Å²) in [4.78, 5) is 3.68. The largest absolute Gasteiger partial charge is 0.419 e. The van der Waals surface area contributed by atoms with Gasteiger partial charge in [0.1, 0.15) is 6.73 Å². The first-order chi connectivity index (χ1) is 10.3. The molecule has 0 fully saturated rings. The molecule has 22 heavy (non-hydrogen) atoms. The number of halogens is 3. The molecule has 1 aliphatic heterocycles. The van der Waals surface area contributed by atoms with E-state index in [0.717, 1.165) is 16.5 Å². The molecule has 1 heterocycles. The van der Waals surface area contributed by atoms with Crippen LogP contribution in [0, 0.1) is 0 Å². The number of rotatable bonds is 1. The predicted molar refractivity (Wildman–Crippen MR) is 81.4 cm³/mol. The SMILES string of the molecule is CN(C)c1cccc2c3c(ccc12)C(C(F)(F)F)OCN3C. The van der Waals surface area contributed by atoms with E-state index in [9.17, 15) is 13.2 Å². The molecule has 0 aromatic heterocycles. The van der Waals surface area contributed by atoms with Gasteiger partial charge in [-0.2, -0.15) is 13.2 Å². The van der Waals surface area contributed by atoms with Gasteiger partial charge >= 0.3 is 6.18 Å². The minimum absolute atomic E-state index is 0.0809. The lowest BCUT2D eigenvalue weighted by atomic mass is 9.97. The van der Waals surface area contributed by atoms with Crippen molar-refractivity contribution in [1.29, 1.82) is 0 Å². The molecule has 0 radical (unpaired) electrons. The lowest BCUT2D eigenvalue weighted by molar-refractivity contribution is -0.225. The van der Waals surface area contributed by atoms with Gasteiger partial charge in [0.2, 0.25) is 0 Å². The molecule has 0 saturated heterocycles. The Morgan fingerprint density at radius 1 is 1.14 bits per heavy atom. The summed E-state index contributed by atoms with van der Waals surface area (Å²) in [6.45, 7) is -0.0809. The van der Waals surface area contributed by atoms with Crippen LogP contribution in [-0.2, 0) is 4.74 Å². The second-order valence-electron chi connectivity index (χ2n) is 5.69. The number of benzene rings is 2. The van der Waals surface area contributed by atoms with Crippen molar-refractivity contribution in [2.45, 2.75) is 12.3 Å². The van der Waals surface area contributed by atoms with Crippen LogP contribution < -0.4 is 9.80 Å². The molecule has 1 aliphatic rings. The summed E-state index contributed by atoms with van der Waals surface area (Å²) in [5.74, 6) is 0. The third-order valence-electron chi connectivity index (χ3n) is 3.92. The summed E-state index contributed by atoms with van der Waals surface area (Å²) in [5.41, 5.74) is 1.74. The first-order valence-corrected chi connectivity index (χ1v) is 6.93. The molecular formula is C16H17F3N2O. The summed E-state index contributed by atoms with van der Waals surface area (Å²) >= 11 is 0. The molecule has 0 amide bonds. The zero-order chi connectivity index (χ0) is 16.1. The van der Waals surface area contributed by atoms with Crippen molar-refractivity contribution in [2.75, 3.05) is 37.7 Å². The van der Waals surface area contributed by atoms with Crippen molar-refractivity contribution in [3.05, 3.63) is 35.9 Å². The minimum atomic E-state index is -4.41. The molecule has 3 nitrogen and oxygen atoms in total. The van der Waals surface area contributed by atoms with Crippen molar-refractivity contribution >= 4 is 22.1 Å². The summed E-state index contributed by atoms with van der Waals surface area (Å²) < 4.78 is 44.6. The van der Waals surface area contributed by atoms with E-state index < -0.39 is 12.3 Å². The van der Waals surface area contributed by atoms with Gasteiger partial charge in [0.25, 0.3) is 0 Å². The van der Waals surface area contributed by atoms with Gasteiger partial charge in [-0.1, -0.05) is 24.3 Å². The molecule has 0 bridgehead atoms. The maximum Gasteiger partial charge on any atom is 0.419 e. The van der Waals surface area contributed by atoms with Crippen LogP contribution in [0.3, 0.4) is 0 Å². The first-order valence-electron chi connectivity index (χ1n) is 6.93. The van der Waals surface area contributed by atoms with Crippen LogP contribution >= 0.6 is 0 Å². The van der Waals surface area contributed by atoms with Crippen LogP contribution in [-0.4, -0.2) is 34.1 Å². The molecule has 1 unspecified atom stereocenters. The molecule has 0 aliphatic carbocycles. The summed E-state index contributed by atoms with van der Waals surface area (Å²) in [6, 6.07) is 8.94.